The van der Waals surface area contributed by atoms with Crippen molar-refractivity contribution in [2.45, 2.75) is 24.7 Å². The predicted octanol–water partition coefficient (Wildman–Crippen LogP) is 1.98. The molecule has 0 atom stereocenters. The minimum atomic E-state index is -3.37. The summed E-state index contributed by atoms with van der Waals surface area (Å²) >= 11 is 0. The number of nitrogens with one attached hydrogen (secondary N) is 1. The fourth-order valence-electron chi connectivity index (χ4n) is 2.45. The molecule has 0 spiro atoms. The van der Waals surface area contributed by atoms with Crippen molar-refractivity contribution in [2.24, 2.45) is 5.92 Å². The van der Waals surface area contributed by atoms with Gasteiger partial charge in [-0.15, -0.1) is 0 Å². The summed E-state index contributed by atoms with van der Waals surface area (Å²) in [6.07, 6.45) is 3.45. The Morgan fingerprint density at radius 2 is 2.05 bits per heavy atom. The number of rotatable bonds is 2. The van der Waals surface area contributed by atoms with E-state index in [-0.39, 0.29) is 0 Å². The van der Waals surface area contributed by atoms with Gasteiger partial charge in [-0.2, -0.15) is 4.31 Å². The molecule has 3 rings (SSSR count). The van der Waals surface area contributed by atoms with Crippen molar-refractivity contribution in [3.63, 3.8) is 0 Å². The molecule has 0 bridgehead atoms. The van der Waals surface area contributed by atoms with Gasteiger partial charge in [0.05, 0.1) is 22.3 Å². The highest BCUT2D eigenvalue weighted by atomic mass is 32.2. The number of piperidine rings is 1. The van der Waals surface area contributed by atoms with E-state index in [1.165, 1.54) is 0 Å². The minimum absolute atomic E-state index is 0.346. The molecule has 0 aliphatic carbocycles. The maximum atomic E-state index is 12.6. The van der Waals surface area contributed by atoms with Crippen molar-refractivity contribution in [1.29, 1.82) is 0 Å². The van der Waals surface area contributed by atoms with E-state index in [2.05, 4.69) is 16.9 Å². The molecule has 6 heteroatoms. The molecule has 102 valence electrons. The lowest BCUT2D eigenvalue weighted by molar-refractivity contribution is 0.288. The van der Waals surface area contributed by atoms with Crippen molar-refractivity contribution in [3.8, 4) is 0 Å². The number of H-pyrrole nitrogens is 1. The molecule has 0 amide bonds. The number of aromatic nitrogens is 2. The molecule has 1 saturated heterocycles. The first kappa shape index (κ1) is 12.6. The van der Waals surface area contributed by atoms with Gasteiger partial charge < -0.3 is 4.98 Å². The molecule has 1 fully saturated rings. The summed E-state index contributed by atoms with van der Waals surface area (Å²) in [6.45, 7) is 3.40. The highest BCUT2D eigenvalue weighted by Gasteiger charge is 2.28. The molecule has 2 heterocycles. The molecular weight excluding hydrogens is 262 g/mol. The third-order valence-corrected chi connectivity index (χ3v) is 5.67. The van der Waals surface area contributed by atoms with Crippen LogP contribution in [-0.4, -0.2) is 35.8 Å². The van der Waals surface area contributed by atoms with Crippen LogP contribution in [0.1, 0.15) is 19.8 Å². The Kier molecular flexibility index (Phi) is 3.06. The quantitative estimate of drug-likeness (QED) is 0.914. The van der Waals surface area contributed by atoms with Gasteiger partial charge >= 0.3 is 0 Å². The second-order valence-electron chi connectivity index (χ2n) is 5.17. The molecule has 1 aromatic carbocycles. The van der Waals surface area contributed by atoms with Crippen LogP contribution in [0.3, 0.4) is 0 Å². The van der Waals surface area contributed by atoms with Crippen LogP contribution in [0.2, 0.25) is 0 Å². The van der Waals surface area contributed by atoms with Crippen LogP contribution in [0, 0.1) is 5.92 Å². The summed E-state index contributed by atoms with van der Waals surface area (Å²) in [5, 5.41) is 0. The van der Waals surface area contributed by atoms with Crippen LogP contribution < -0.4 is 0 Å². The van der Waals surface area contributed by atoms with E-state index in [0.717, 1.165) is 23.9 Å². The van der Waals surface area contributed by atoms with Crippen LogP contribution in [-0.2, 0) is 10.0 Å². The third-order valence-electron chi connectivity index (χ3n) is 3.77. The smallest absolute Gasteiger partial charge is 0.243 e. The first-order valence-electron chi connectivity index (χ1n) is 6.50. The van der Waals surface area contributed by atoms with Gasteiger partial charge in [-0.05, 0) is 37.0 Å². The molecule has 1 aliphatic heterocycles. The average Bonchev–Trinajstić information content (AvgIpc) is 2.86. The van der Waals surface area contributed by atoms with Crippen molar-refractivity contribution in [1.82, 2.24) is 14.3 Å². The highest BCUT2D eigenvalue weighted by Crippen LogP contribution is 2.24. The van der Waals surface area contributed by atoms with E-state index in [0.29, 0.717) is 23.9 Å². The van der Waals surface area contributed by atoms with Crippen molar-refractivity contribution < 1.29 is 8.42 Å². The maximum absolute atomic E-state index is 12.6. The Bertz CT molecular complexity index is 685. The van der Waals surface area contributed by atoms with Gasteiger partial charge in [0.15, 0.2) is 0 Å². The fraction of sp³-hybridized carbons (Fsp3) is 0.462. The standard InChI is InChI=1S/C13H17N3O2S/c1-10-4-6-16(7-5-10)19(17,18)11-2-3-12-13(8-11)15-9-14-12/h2-3,8-10H,4-7H2,1H3,(H,14,15). The minimum Gasteiger partial charge on any atom is -0.345 e. The van der Waals surface area contributed by atoms with Gasteiger partial charge in [-0.1, -0.05) is 6.92 Å². The third kappa shape index (κ3) is 2.26. The molecule has 2 aromatic rings. The van der Waals surface area contributed by atoms with E-state index in [4.69, 9.17) is 0 Å². The lowest BCUT2D eigenvalue weighted by Gasteiger charge is -2.29. The molecule has 1 N–H and O–H groups in total. The maximum Gasteiger partial charge on any atom is 0.243 e. The van der Waals surface area contributed by atoms with E-state index in [1.54, 1.807) is 28.8 Å². The molecule has 19 heavy (non-hydrogen) atoms. The molecule has 0 radical (unpaired) electrons. The van der Waals surface area contributed by atoms with Crippen LogP contribution >= 0.6 is 0 Å². The first-order chi connectivity index (χ1) is 9.07. The van der Waals surface area contributed by atoms with E-state index >= 15 is 0 Å². The predicted molar refractivity (Wildman–Crippen MR) is 73.3 cm³/mol. The van der Waals surface area contributed by atoms with Crippen LogP contribution in [0.15, 0.2) is 29.4 Å². The van der Waals surface area contributed by atoms with E-state index < -0.39 is 10.0 Å². The number of aromatic amines is 1. The molecule has 5 nitrogen and oxygen atoms in total. The SMILES string of the molecule is CC1CCN(S(=O)(=O)c2ccc3nc[nH]c3c2)CC1. The van der Waals surface area contributed by atoms with Crippen molar-refractivity contribution in [2.75, 3.05) is 13.1 Å². The van der Waals surface area contributed by atoms with Gasteiger partial charge in [0.25, 0.3) is 0 Å². The average molecular weight is 279 g/mol. The summed E-state index contributed by atoms with van der Waals surface area (Å²) < 4.78 is 26.7. The summed E-state index contributed by atoms with van der Waals surface area (Å²) in [5.74, 6) is 0.613. The summed E-state index contributed by atoms with van der Waals surface area (Å²) in [5.41, 5.74) is 1.54. The van der Waals surface area contributed by atoms with Gasteiger partial charge in [-0.25, -0.2) is 13.4 Å². The molecule has 0 unspecified atom stereocenters. The zero-order valence-corrected chi connectivity index (χ0v) is 11.7. The molecule has 0 saturated carbocycles. The number of hydrogen-bond donors (Lipinski definition) is 1. The second kappa shape index (κ2) is 4.61. The summed E-state index contributed by atoms with van der Waals surface area (Å²) in [7, 11) is -3.37. The highest BCUT2D eigenvalue weighted by molar-refractivity contribution is 7.89. The van der Waals surface area contributed by atoms with E-state index in [1.807, 2.05) is 0 Å². The number of benzene rings is 1. The number of hydrogen-bond acceptors (Lipinski definition) is 3. The van der Waals surface area contributed by atoms with Gasteiger partial charge in [-0.3, -0.25) is 0 Å². The molecule has 1 aliphatic rings. The molecular formula is C13H17N3O2S. The lowest BCUT2D eigenvalue weighted by Crippen LogP contribution is -2.37. The zero-order valence-electron chi connectivity index (χ0n) is 10.8. The van der Waals surface area contributed by atoms with E-state index in [9.17, 15) is 8.42 Å². The number of sulfonamides is 1. The van der Waals surface area contributed by atoms with Crippen LogP contribution in [0.25, 0.3) is 11.0 Å². The summed E-state index contributed by atoms with van der Waals surface area (Å²) in [4.78, 5) is 7.39. The van der Waals surface area contributed by atoms with Crippen LogP contribution in [0.5, 0.6) is 0 Å². The Morgan fingerprint density at radius 1 is 1.32 bits per heavy atom. The van der Waals surface area contributed by atoms with Crippen molar-refractivity contribution in [3.05, 3.63) is 24.5 Å². The van der Waals surface area contributed by atoms with Gasteiger partial charge in [0, 0.05) is 13.1 Å². The van der Waals surface area contributed by atoms with Gasteiger partial charge in [0.1, 0.15) is 0 Å². The molecule has 1 aromatic heterocycles. The normalized spacial score (nSPS) is 19.0. The van der Waals surface area contributed by atoms with Crippen molar-refractivity contribution >= 4 is 21.1 Å². The zero-order chi connectivity index (χ0) is 13.5. The Balaban J connectivity index is 1.94. The summed E-state index contributed by atoms with van der Waals surface area (Å²) in [6, 6.07) is 5.04. The monoisotopic (exact) mass is 279 g/mol. The number of fused-ring (bicyclic) bond motifs is 1. The van der Waals surface area contributed by atoms with Crippen LogP contribution in [0.4, 0.5) is 0 Å². The Labute approximate surface area is 112 Å². The largest absolute Gasteiger partial charge is 0.345 e. The van der Waals surface area contributed by atoms with Gasteiger partial charge in [0.2, 0.25) is 10.0 Å². The topological polar surface area (TPSA) is 66.1 Å². The second-order valence-corrected chi connectivity index (χ2v) is 7.11. The number of imidazole rings is 1. The Morgan fingerprint density at radius 3 is 2.79 bits per heavy atom. The first-order valence-corrected chi connectivity index (χ1v) is 7.94. The number of nitrogens with zero attached hydrogens (tertiary/aromatic N) is 2. The Hall–Kier alpha value is -1.40. The lowest BCUT2D eigenvalue weighted by atomic mass is 10.0. The fourth-order valence-corrected chi connectivity index (χ4v) is 3.95.